The number of nitrogens with zero attached hydrogens (tertiary/aromatic N) is 1. The van der Waals surface area contributed by atoms with Crippen LogP contribution in [0.2, 0.25) is 0 Å². The first-order valence-corrected chi connectivity index (χ1v) is 6.90. The molecule has 0 saturated carbocycles. The zero-order valence-corrected chi connectivity index (χ0v) is 11.2. The summed E-state index contributed by atoms with van der Waals surface area (Å²) in [5.41, 5.74) is 1.27. The Morgan fingerprint density at radius 1 is 1.32 bits per heavy atom. The summed E-state index contributed by atoms with van der Waals surface area (Å²) in [7, 11) is 0. The number of likely N-dealkylation sites (tertiary alicyclic amines) is 1. The van der Waals surface area contributed by atoms with Gasteiger partial charge in [0, 0.05) is 18.7 Å². The minimum Gasteiger partial charge on any atom is -0.338 e. The first-order chi connectivity index (χ1) is 9.13. The van der Waals surface area contributed by atoms with Gasteiger partial charge in [-0.1, -0.05) is 0 Å². The Morgan fingerprint density at radius 2 is 2.11 bits per heavy atom. The normalized spacial score (nSPS) is 26.3. The summed E-state index contributed by atoms with van der Waals surface area (Å²) < 4.78 is 13.4. The van der Waals surface area contributed by atoms with Gasteiger partial charge >= 0.3 is 0 Å². The van der Waals surface area contributed by atoms with E-state index in [1.807, 2.05) is 11.8 Å². The van der Waals surface area contributed by atoms with Gasteiger partial charge in [0.2, 0.25) is 0 Å². The van der Waals surface area contributed by atoms with Gasteiger partial charge in [-0.05, 0) is 62.0 Å². The van der Waals surface area contributed by atoms with Crippen LogP contribution in [-0.2, 0) is 0 Å². The van der Waals surface area contributed by atoms with Crippen molar-refractivity contribution in [3.05, 3.63) is 35.1 Å². The van der Waals surface area contributed by atoms with Crippen molar-refractivity contribution in [2.75, 3.05) is 26.2 Å². The number of fused-ring (bicyclic) bond motifs is 1. The molecule has 2 atom stereocenters. The molecular weight excluding hydrogens is 243 g/mol. The highest BCUT2D eigenvalue weighted by Gasteiger charge is 2.34. The number of benzene rings is 1. The smallest absolute Gasteiger partial charge is 0.253 e. The molecule has 0 bridgehead atoms. The monoisotopic (exact) mass is 262 g/mol. The zero-order chi connectivity index (χ0) is 13.4. The van der Waals surface area contributed by atoms with Gasteiger partial charge in [0.15, 0.2) is 0 Å². The lowest BCUT2D eigenvalue weighted by molar-refractivity contribution is 0.0642. The molecule has 1 amide bonds. The lowest BCUT2D eigenvalue weighted by Gasteiger charge is -2.34. The second-order valence-corrected chi connectivity index (χ2v) is 5.74. The van der Waals surface area contributed by atoms with E-state index >= 15 is 0 Å². The molecule has 2 unspecified atom stereocenters. The molecule has 0 aromatic heterocycles. The standard InChI is InChI=1S/C15H19FN2O/c1-10-4-12(6-14(16)5-10)15(19)18-3-2-11-7-17-8-13(11)9-18/h4-6,11,13,17H,2-3,7-9H2,1H3. The second-order valence-electron chi connectivity index (χ2n) is 5.74. The van der Waals surface area contributed by atoms with Gasteiger partial charge in [0.1, 0.15) is 5.82 Å². The molecule has 3 rings (SSSR count). The molecule has 0 spiro atoms. The first kappa shape index (κ1) is 12.6. The zero-order valence-electron chi connectivity index (χ0n) is 11.2. The highest BCUT2D eigenvalue weighted by molar-refractivity contribution is 5.94. The van der Waals surface area contributed by atoms with Gasteiger partial charge in [-0.25, -0.2) is 4.39 Å². The van der Waals surface area contributed by atoms with Crippen LogP contribution in [0.4, 0.5) is 4.39 Å². The summed E-state index contributed by atoms with van der Waals surface area (Å²) in [5, 5.41) is 3.38. The predicted octanol–water partition coefficient (Wildman–Crippen LogP) is 1.82. The number of piperidine rings is 1. The van der Waals surface area contributed by atoms with E-state index in [2.05, 4.69) is 5.32 Å². The summed E-state index contributed by atoms with van der Waals surface area (Å²) in [6, 6.07) is 4.56. The number of carbonyl (C=O) groups is 1. The van der Waals surface area contributed by atoms with E-state index in [4.69, 9.17) is 0 Å². The van der Waals surface area contributed by atoms with Gasteiger partial charge < -0.3 is 10.2 Å². The SMILES string of the molecule is Cc1cc(F)cc(C(=O)N2CCC3CNCC3C2)c1. The Labute approximate surface area is 112 Å². The third kappa shape index (κ3) is 2.50. The van der Waals surface area contributed by atoms with Crippen LogP contribution in [0.5, 0.6) is 0 Å². The highest BCUT2D eigenvalue weighted by atomic mass is 19.1. The average Bonchev–Trinajstić information content (AvgIpc) is 2.83. The summed E-state index contributed by atoms with van der Waals surface area (Å²) in [4.78, 5) is 14.3. The summed E-state index contributed by atoms with van der Waals surface area (Å²) in [5.74, 6) is 0.902. The largest absolute Gasteiger partial charge is 0.338 e. The van der Waals surface area contributed by atoms with Crippen molar-refractivity contribution in [1.29, 1.82) is 0 Å². The number of hydrogen-bond acceptors (Lipinski definition) is 2. The number of carbonyl (C=O) groups excluding carboxylic acids is 1. The summed E-state index contributed by atoms with van der Waals surface area (Å²) >= 11 is 0. The third-order valence-corrected chi connectivity index (χ3v) is 4.28. The van der Waals surface area contributed by atoms with Crippen molar-refractivity contribution in [2.45, 2.75) is 13.3 Å². The number of aryl methyl sites for hydroxylation is 1. The van der Waals surface area contributed by atoms with Crippen molar-refractivity contribution in [1.82, 2.24) is 10.2 Å². The van der Waals surface area contributed by atoms with Crippen LogP contribution in [0.1, 0.15) is 22.3 Å². The Balaban J connectivity index is 1.76. The highest BCUT2D eigenvalue weighted by Crippen LogP contribution is 2.27. The minimum atomic E-state index is -0.333. The van der Waals surface area contributed by atoms with E-state index in [1.165, 1.54) is 12.1 Å². The van der Waals surface area contributed by atoms with E-state index in [1.54, 1.807) is 6.07 Å². The quantitative estimate of drug-likeness (QED) is 0.837. The molecule has 0 aliphatic carbocycles. The topological polar surface area (TPSA) is 32.3 Å². The lowest BCUT2D eigenvalue weighted by atomic mass is 9.88. The van der Waals surface area contributed by atoms with E-state index < -0.39 is 0 Å². The fourth-order valence-electron chi connectivity index (χ4n) is 3.26. The van der Waals surface area contributed by atoms with Crippen LogP contribution >= 0.6 is 0 Å². The molecule has 2 aliphatic rings. The van der Waals surface area contributed by atoms with Gasteiger partial charge in [0.25, 0.3) is 5.91 Å². The van der Waals surface area contributed by atoms with Gasteiger partial charge in [-0.3, -0.25) is 4.79 Å². The Morgan fingerprint density at radius 3 is 2.89 bits per heavy atom. The molecule has 0 radical (unpaired) electrons. The van der Waals surface area contributed by atoms with Crippen molar-refractivity contribution in [3.63, 3.8) is 0 Å². The Kier molecular flexibility index (Phi) is 3.27. The predicted molar refractivity (Wildman–Crippen MR) is 71.5 cm³/mol. The maximum Gasteiger partial charge on any atom is 0.253 e. The fraction of sp³-hybridized carbons (Fsp3) is 0.533. The van der Waals surface area contributed by atoms with Crippen LogP contribution in [-0.4, -0.2) is 37.0 Å². The molecular formula is C15H19FN2O. The Hall–Kier alpha value is -1.42. The molecule has 1 aromatic carbocycles. The molecule has 19 heavy (non-hydrogen) atoms. The molecule has 2 fully saturated rings. The van der Waals surface area contributed by atoms with Gasteiger partial charge in [-0.2, -0.15) is 0 Å². The summed E-state index contributed by atoms with van der Waals surface area (Å²) in [6.07, 6.45) is 1.05. The maximum atomic E-state index is 13.4. The summed E-state index contributed by atoms with van der Waals surface area (Å²) in [6.45, 7) is 5.47. The number of rotatable bonds is 1. The van der Waals surface area contributed by atoms with Crippen molar-refractivity contribution >= 4 is 5.91 Å². The molecule has 1 aromatic rings. The van der Waals surface area contributed by atoms with E-state index in [9.17, 15) is 9.18 Å². The Bertz CT molecular complexity index is 483. The molecule has 1 N–H and O–H groups in total. The number of hydrogen-bond donors (Lipinski definition) is 1. The minimum absolute atomic E-state index is 0.0343. The lowest BCUT2D eigenvalue weighted by Crippen LogP contribution is -2.43. The number of nitrogens with one attached hydrogen (secondary N) is 1. The number of halogens is 1. The van der Waals surface area contributed by atoms with Crippen molar-refractivity contribution < 1.29 is 9.18 Å². The van der Waals surface area contributed by atoms with Crippen LogP contribution in [0.3, 0.4) is 0 Å². The van der Waals surface area contributed by atoms with Crippen molar-refractivity contribution in [3.8, 4) is 0 Å². The van der Waals surface area contributed by atoms with E-state index in [0.29, 0.717) is 17.4 Å². The number of amides is 1. The average molecular weight is 262 g/mol. The molecule has 3 nitrogen and oxygen atoms in total. The maximum absolute atomic E-state index is 13.4. The molecule has 4 heteroatoms. The third-order valence-electron chi connectivity index (χ3n) is 4.28. The van der Waals surface area contributed by atoms with E-state index in [-0.39, 0.29) is 11.7 Å². The molecule has 2 aliphatic heterocycles. The van der Waals surface area contributed by atoms with Crippen LogP contribution in [0, 0.1) is 24.6 Å². The van der Waals surface area contributed by atoms with Gasteiger partial charge in [-0.15, -0.1) is 0 Å². The van der Waals surface area contributed by atoms with Crippen LogP contribution in [0.25, 0.3) is 0 Å². The second kappa shape index (κ2) is 4.93. The first-order valence-electron chi connectivity index (χ1n) is 6.90. The molecule has 2 heterocycles. The fourth-order valence-corrected chi connectivity index (χ4v) is 3.26. The molecule has 102 valence electrons. The van der Waals surface area contributed by atoms with Gasteiger partial charge in [0.05, 0.1) is 0 Å². The molecule has 2 saturated heterocycles. The van der Waals surface area contributed by atoms with Crippen molar-refractivity contribution in [2.24, 2.45) is 11.8 Å². The van der Waals surface area contributed by atoms with Crippen LogP contribution < -0.4 is 5.32 Å². The van der Waals surface area contributed by atoms with E-state index in [0.717, 1.165) is 38.2 Å². The van der Waals surface area contributed by atoms with Crippen LogP contribution in [0.15, 0.2) is 18.2 Å².